The van der Waals surface area contributed by atoms with E-state index in [1.807, 2.05) is 24.3 Å². The Morgan fingerprint density at radius 1 is 1.08 bits per heavy atom. The summed E-state index contributed by atoms with van der Waals surface area (Å²) in [4.78, 5) is 19.8. The Morgan fingerprint density at radius 2 is 1.81 bits per heavy atom. The van der Waals surface area contributed by atoms with Gasteiger partial charge in [0.05, 0.1) is 21.3 Å². The fraction of sp³-hybridized carbons (Fsp3) is 0.120. The maximum atomic E-state index is 12.7. The van der Waals surface area contributed by atoms with Crippen molar-refractivity contribution in [2.75, 3.05) is 13.2 Å². The molecule has 0 aliphatic heterocycles. The summed E-state index contributed by atoms with van der Waals surface area (Å²) in [7, 11) is -4.23. The van der Waals surface area contributed by atoms with E-state index >= 15 is 0 Å². The Morgan fingerprint density at radius 3 is 2.62 bits per heavy atom. The fourth-order valence-corrected chi connectivity index (χ4v) is 5.03. The standard InChI is InChI=1S/C25H18N4O7S/c1-16-22-19(18-11-5-6-12-20(18)27-22)15-21(26-16)25(30)35-14-8-7-13-34-23-24(29(31)36-28-23)37(32,33)17-9-3-2-4-10-17/h2-6,9-12,15,27H,13-14H2,1H3. The summed E-state index contributed by atoms with van der Waals surface area (Å²) >= 11 is 0. The van der Waals surface area contributed by atoms with Gasteiger partial charge in [0.15, 0.2) is 13.2 Å². The van der Waals surface area contributed by atoms with Crippen LogP contribution in [0.25, 0.3) is 21.8 Å². The summed E-state index contributed by atoms with van der Waals surface area (Å²) in [6, 6.07) is 16.7. The van der Waals surface area contributed by atoms with Crippen LogP contribution in [0.3, 0.4) is 0 Å². The number of aromatic nitrogens is 4. The van der Waals surface area contributed by atoms with E-state index in [0.717, 1.165) is 21.8 Å². The zero-order valence-corrected chi connectivity index (χ0v) is 20.1. The van der Waals surface area contributed by atoms with Crippen molar-refractivity contribution in [3.63, 3.8) is 0 Å². The molecule has 12 heteroatoms. The number of hydrogen-bond donors (Lipinski definition) is 1. The average Bonchev–Trinajstić information content (AvgIpc) is 3.47. The van der Waals surface area contributed by atoms with Gasteiger partial charge in [-0.15, -0.1) is 0 Å². The number of sulfone groups is 1. The molecule has 2 aromatic carbocycles. The van der Waals surface area contributed by atoms with Crippen molar-refractivity contribution in [1.82, 2.24) is 15.1 Å². The predicted molar refractivity (Wildman–Crippen MR) is 129 cm³/mol. The molecule has 0 saturated heterocycles. The lowest BCUT2D eigenvalue weighted by Crippen LogP contribution is -2.30. The van der Waals surface area contributed by atoms with Crippen LogP contribution in [0.4, 0.5) is 0 Å². The van der Waals surface area contributed by atoms with Crippen molar-refractivity contribution < 1.29 is 32.2 Å². The molecule has 0 spiro atoms. The molecule has 0 bridgehead atoms. The molecule has 11 nitrogen and oxygen atoms in total. The van der Waals surface area contributed by atoms with Gasteiger partial charge in [-0.05, 0) is 36.1 Å². The summed E-state index contributed by atoms with van der Waals surface area (Å²) < 4.78 is 40.3. The molecule has 1 N–H and O–H groups in total. The monoisotopic (exact) mass is 518 g/mol. The number of hydrogen-bond acceptors (Lipinski definition) is 9. The summed E-state index contributed by atoms with van der Waals surface area (Å²) in [5.41, 5.74) is 2.58. The molecule has 3 heterocycles. The van der Waals surface area contributed by atoms with Crippen LogP contribution in [-0.2, 0) is 14.6 Å². The van der Waals surface area contributed by atoms with Gasteiger partial charge >= 0.3 is 16.9 Å². The number of ether oxygens (including phenoxy) is 2. The summed E-state index contributed by atoms with van der Waals surface area (Å²) in [6.07, 6.45) is 0. The molecule has 0 aliphatic carbocycles. The molecular formula is C25H18N4O7S. The summed E-state index contributed by atoms with van der Waals surface area (Å²) in [6.45, 7) is 1.21. The molecule has 5 rings (SSSR count). The first kappa shape index (κ1) is 23.8. The van der Waals surface area contributed by atoms with Crippen molar-refractivity contribution in [3.8, 4) is 17.7 Å². The lowest BCUT2D eigenvalue weighted by atomic mass is 10.1. The van der Waals surface area contributed by atoms with Crippen molar-refractivity contribution in [2.24, 2.45) is 0 Å². The number of aryl methyl sites for hydroxylation is 1. The molecule has 37 heavy (non-hydrogen) atoms. The summed E-state index contributed by atoms with van der Waals surface area (Å²) in [5, 5.41) is 16.3. The Balaban J connectivity index is 1.23. The quantitative estimate of drug-likeness (QED) is 0.203. The van der Waals surface area contributed by atoms with Crippen LogP contribution in [0.5, 0.6) is 5.88 Å². The van der Waals surface area contributed by atoms with Gasteiger partial charge in [0, 0.05) is 16.3 Å². The number of nitrogens with one attached hydrogen (secondary N) is 1. The number of pyridine rings is 1. The van der Waals surface area contributed by atoms with Crippen LogP contribution in [-0.4, -0.2) is 42.7 Å². The number of carbonyl (C=O) groups excluding carboxylic acids is 1. The second-order valence-electron chi connectivity index (χ2n) is 7.76. The molecule has 0 atom stereocenters. The molecule has 0 fully saturated rings. The van der Waals surface area contributed by atoms with Crippen molar-refractivity contribution in [3.05, 3.63) is 77.3 Å². The minimum atomic E-state index is -4.23. The van der Waals surface area contributed by atoms with Gasteiger partial charge in [0.1, 0.15) is 5.69 Å². The normalized spacial score (nSPS) is 11.3. The molecule has 0 unspecified atom stereocenters. The molecule has 5 aromatic rings. The van der Waals surface area contributed by atoms with Gasteiger partial charge in [0.25, 0.3) is 9.84 Å². The Hall–Kier alpha value is -4.89. The van der Waals surface area contributed by atoms with Crippen LogP contribution in [0.15, 0.2) is 75.2 Å². The second kappa shape index (κ2) is 9.63. The van der Waals surface area contributed by atoms with Crippen molar-refractivity contribution in [1.29, 1.82) is 0 Å². The number of esters is 1. The van der Waals surface area contributed by atoms with E-state index in [0.29, 0.717) is 5.69 Å². The largest absolute Gasteiger partial charge is 0.448 e. The van der Waals surface area contributed by atoms with Gasteiger partial charge in [-0.1, -0.05) is 48.2 Å². The van der Waals surface area contributed by atoms with Crippen molar-refractivity contribution in [2.45, 2.75) is 16.8 Å². The van der Waals surface area contributed by atoms with Crippen LogP contribution in [0.1, 0.15) is 16.2 Å². The first-order valence-corrected chi connectivity index (χ1v) is 12.4. The van der Waals surface area contributed by atoms with E-state index in [9.17, 15) is 18.4 Å². The first-order chi connectivity index (χ1) is 17.9. The number of para-hydroxylation sites is 1. The van der Waals surface area contributed by atoms with E-state index in [1.165, 1.54) is 24.3 Å². The minimum absolute atomic E-state index is 0.125. The number of H-pyrrole nitrogens is 1. The van der Waals surface area contributed by atoms with Crippen LogP contribution in [0, 0.1) is 24.0 Å². The highest BCUT2D eigenvalue weighted by atomic mass is 32.2. The molecule has 0 radical (unpaired) electrons. The molecular weight excluding hydrogens is 500 g/mol. The van der Waals surface area contributed by atoms with E-state index in [-0.39, 0.29) is 28.7 Å². The molecule has 0 aliphatic rings. The lowest BCUT2D eigenvalue weighted by Gasteiger charge is -2.03. The van der Waals surface area contributed by atoms with Gasteiger partial charge < -0.3 is 19.7 Å². The highest BCUT2D eigenvalue weighted by Crippen LogP contribution is 2.27. The van der Waals surface area contributed by atoms with E-state index in [1.54, 1.807) is 19.1 Å². The molecule has 186 valence electrons. The number of aromatic amines is 1. The Labute approximate surface area is 210 Å². The topological polar surface area (TPSA) is 151 Å². The van der Waals surface area contributed by atoms with Gasteiger partial charge in [-0.2, -0.15) is 0 Å². The maximum Gasteiger partial charge on any atom is 0.415 e. The Kier molecular flexibility index (Phi) is 6.21. The Bertz CT molecular complexity index is 1800. The predicted octanol–water partition coefficient (Wildman–Crippen LogP) is 2.72. The minimum Gasteiger partial charge on any atom is -0.448 e. The van der Waals surface area contributed by atoms with E-state index in [2.05, 4.69) is 31.6 Å². The maximum absolute atomic E-state index is 12.7. The van der Waals surface area contributed by atoms with Crippen LogP contribution in [0.2, 0.25) is 0 Å². The van der Waals surface area contributed by atoms with E-state index < -0.39 is 26.7 Å². The SMILES string of the molecule is Cc1nc(C(=O)OCC#CCOc2no[n+]([O-])c2S(=O)(=O)c2ccccc2)cc2c1[nH]c1ccccc12. The molecule has 0 amide bonds. The number of rotatable bonds is 6. The lowest BCUT2D eigenvalue weighted by molar-refractivity contribution is -0.832. The van der Waals surface area contributed by atoms with E-state index in [4.69, 9.17) is 9.47 Å². The van der Waals surface area contributed by atoms with Crippen LogP contribution >= 0.6 is 0 Å². The highest BCUT2D eigenvalue weighted by Gasteiger charge is 2.35. The zero-order valence-electron chi connectivity index (χ0n) is 19.3. The smallest absolute Gasteiger partial charge is 0.415 e. The third kappa shape index (κ3) is 4.55. The third-order valence-electron chi connectivity index (χ3n) is 5.42. The average molecular weight is 519 g/mol. The van der Waals surface area contributed by atoms with Crippen LogP contribution < -0.4 is 9.64 Å². The highest BCUT2D eigenvalue weighted by molar-refractivity contribution is 7.91. The third-order valence-corrected chi connectivity index (χ3v) is 7.15. The number of carbonyl (C=O) groups is 1. The number of benzene rings is 2. The van der Waals surface area contributed by atoms with Gasteiger partial charge in [0.2, 0.25) is 0 Å². The van der Waals surface area contributed by atoms with Crippen molar-refractivity contribution >= 4 is 37.6 Å². The molecule has 0 saturated carbocycles. The second-order valence-corrected chi connectivity index (χ2v) is 9.63. The number of nitrogens with zero attached hydrogens (tertiary/aromatic N) is 3. The molecule has 3 aromatic heterocycles. The first-order valence-electron chi connectivity index (χ1n) is 10.9. The van der Waals surface area contributed by atoms with Gasteiger partial charge in [-0.3, -0.25) is 4.63 Å². The zero-order chi connectivity index (χ0) is 26.0. The number of fused-ring (bicyclic) bond motifs is 3. The summed E-state index contributed by atoms with van der Waals surface area (Å²) in [5.74, 6) is 3.97. The fourth-order valence-electron chi connectivity index (χ4n) is 3.73. The van der Waals surface area contributed by atoms with Gasteiger partial charge in [-0.25, -0.2) is 18.2 Å².